The highest BCUT2D eigenvalue weighted by molar-refractivity contribution is 6.47. The van der Waals surface area contributed by atoms with Gasteiger partial charge in [0.05, 0.1) is 0 Å². The predicted molar refractivity (Wildman–Crippen MR) is 49.7 cm³/mol. The van der Waals surface area contributed by atoms with Crippen LogP contribution < -0.4 is 0 Å². The van der Waals surface area contributed by atoms with Gasteiger partial charge in [-0.15, -0.1) is 0 Å². The van der Waals surface area contributed by atoms with Crippen LogP contribution in [0.15, 0.2) is 40.6 Å². The van der Waals surface area contributed by atoms with E-state index in [0.717, 1.165) is 0 Å². The van der Waals surface area contributed by atoms with Crippen molar-refractivity contribution in [1.82, 2.24) is 0 Å². The summed E-state index contributed by atoms with van der Waals surface area (Å²) in [6, 6.07) is 9.01. The molecule has 13 heavy (non-hydrogen) atoms. The molecule has 1 rings (SSSR count). The highest BCUT2D eigenvalue weighted by atomic mass is 16.4. The van der Waals surface area contributed by atoms with E-state index in [-0.39, 0.29) is 11.4 Å². The minimum Gasteiger partial charge on any atom is -0.411 e. The van der Waals surface area contributed by atoms with Crippen LogP contribution in [0.3, 0.4) is 0 Å². The molecule has 0 fully saturated rings. The SMILES string of the molecule is CC(=N/O)/C(=N/O)c1ccccc1. The van der Waals surface area contributed by atoms with Gasteiger partial charge >= 0.3 is 0 Å². The van der Waals surface area contributed by atoms with Crippen molar-refractivity contribution in [3.05, 3.63) is 35.9 Å². The van der Waals surface area contributed by atoms with Crippen LogP contribution in [0.5, 0.6) is 0 Å². The molecule has 4 heteroatoms. The Morgan fingerprint density at radius 2 is 1.69 bits per heavy atom. The van der Waals surface area contributed by atoms with Crippen molar-refractivity contribution in [2.75, 3.05) is 0 Å². The second kappa shape index (κ2) is 4.25. The van der Waals surface area contributed by atoms with E-state index in [2.05, 4.69) is 10.3 Å². The van der Waals surface area contributed by atoms with Gasteiger partial charge in [-0.05, 0) is 6.92 Å². The second-order valence-electron chi connectivity index (χ2n) is 2.50. The van der Waals surface area contributed by atoms with E-state index >= 15 is 0 Å². The minimum absolute atomic E-state index is 0.267. The molecule has 0 saturated heterocycles. The summed E-state index contributed by atoms with van der Waals surface area (Å²) in [4.78, 5) is 0. The van der Waals surface area contributed by atoms with Gasteiger partial charge in [0.15, 0.2) is 0 Å². The number of nitrogens with zero attached hydrogens (tertiary/aromatic N) is 2. The molecular formula is C9H10N2O2. The average Bonchev–Trinajstić information content (AvgIpc) is 2.20. The van der Waals surface area contributed by atoms with Crippen LogP contribution in [0.25, 0.3) is 0 Å². The molecule has 0 bridgehead atoms. The Morgan fingerprint density at radius 1 is 1.08 bits per heavy atom. The topological polar surface area (TPSA) is 65.2 Å². The summed E-state index contributed by atoms with van der Waals surface area (Å²) in [5.74, 6) is 0. The van der Waals surface area contributed by atoms with Crippen molar-refractivity contribution in [2.24, 2.45) is 10.3 Å². The largest absolute Gasteiger partial charge is 0.411 e. The highest BCUT2D eigenvalue weighted by Crippen LogP contribution is 2.02. The van der Waals surface area contributed by atoms with E-state index in [4.69, 9.17) is 10.4 Å². The maximum Gasteiger partial charge on any atom is 0.134 e. The van der Waals surface area contributed by atoms with Crippen LogP contribution in [0.2, 0.25) is 0 Å². The third-order valence-electron chi connectivity index (χ3n) is 1.64. The maximum atomic E-state index is 8.68. The molecule has 0 unspecified atom stereocenters. The summed E-state index contributed by atoms with van der Waals surface area (Å²) in [5.41, 5.74) is 1.25. The van der Waals surface area contributed by atoms with Gasteiger partial charge in [-0.2, -0.15) is 0 Å². The molecule has 0 atom stereocenters. The molecule has 0 amide bonds. The lowest BCUT2D eigenvalue weighted by Gasteiger charge is -2.00. The van der Waals surface area contributed by atoms with Crippen molar-refractivity contribution in [3.63, 3.8) is 0 Å². The molecule has 68 valence electrons. The Labute approximate surface area is 75.8 Å². The van der Waals surface area contributed by atoms with Gasteiger partial charge < -0.3 is 10.4 Å². The molecule has 1 aromatic rings. The van der Waals surface area contributed by atoms with Crippen molar-refractivity contribution >= 4 is 11.4 Å². The summed E-state index contributed by atoms with van der Waals surface area (Å²) in [6.45, 7) is 1.56. The van der Waals surface area contributed by atoms with Crippen LogP contribution in [-0.2, 0) is 0 Å². The lowest BCUT2D eigenvalue weighted by atomic mass is 10.1. The first-order valence-electron chi connectivity index (χ1n) is 3.76. The monoisotopic (exact) mass is 178 g/mol. The van der Waals surface area contributed by atoms with Crippen LogP contribution in [0.1, 0.15) is 12.5 Å². The van der Waals surface area contributed by atoms with Crippen molar-refractivity contribution in [1.29, 1.82) is 0 Å². The molecule has 0 aliphatic rings. The summed E-state index contributed by atoms with van der Waals surface area (Å²) in [5, 5.41) is 23.2. The normalized spacial score (nSPS) is 13.0. The molecule has 2 N–H and O–H groups in total. The zero-order valence-corrected chi connectivity index (χ0v) is 7.18. The van der Waals surface area contributed by atoms with Gasteiger partial charge in [-0.3, -0.25) is 0 Å². The number of rotatable bonds is 2. The standard InChI is InChI=1S/C9H10N2O2/c1-7(10-12)9(11-13)8-5-3-2-4-6-8/h2-6,12-13H,1H3/b10-7-,11-9-. The number of hydrogen-bond acceptors (Lipinski definition) is 4. The summed E-state index contributed by atoms with van der Waals surface area (Å²) < 4.78 is 0. The molecule has 4 nitrogen and oxygen atoms in total. The van der Waals surface area contributed by atoms with E-state index in [9.17, 15) is 0 Å². The second-order valence-corrected chi connectivity index (χ2v) is 2.50. The smallest absolute Gasteiger partial charge is 0.134 e. The Hall–Kier alpha value is -1.84. The molecule has 0 heterocycles. The molecule has 0 aliphatic heterocycles. The van der Waals surface area contributed by atoms with Gasteiger partial charge in [0.1, 0.15) is 11.4 Å². The summed E-state index contributed by atoms with van der Waals surface area (Å²) in [6.07, 6.45) is 0. The molecular weight excluding hydrogens is 168 g/mol. The first kappa shape index (κ1) is 9.25. The molecule has 0 saturated carbocycles. The fourth-order valence-corrected chi connectivity index (χ4v) is 0.982. The van der Waals surface area contributed by atoms with Gasteiger partial charge in [-0.25, -0.2) is 0 Å². The van der Waals surface area contributed by atoms with Gasteiger partial charge in [0.25, 0.3) is 0 Å². The Balaban J connectivity index is 3.07. The molecule has 0 aromatic heterocycles. The van der Waals surface area contributed by atoms with Gasteiger partial charge in [0.2, 0.25) is 0 Å². The zero-order chi connectivity index (χ0) is 9.68. The fraction of sp³-hybridized carbons (Fsp3) is 0.111. The van der Waals surface area contributed by atoms with Crippen molar-refractivity contribution < 1.29 is 10.4 Å². The number of benzene rings is 1. The van der Waals surface area contributed by atoms with Gasteiger partial charge in [-0.1, -0.05) is 40.6 Å². The summed E-state index contributed by atoms with van der Waals surface area (Å²) >= 11 is 0. The Kier molecular flexibility index (Phi) is 3.03. The molecule has 0 aliphatic carbocycles. The van der Waals surface area contributed by atoms with Gasteiger partial charge in [0, 0.05) is 5.56 Å². The van der Waals surface area contributed by atoms with Crippen LogP contribution in [0.4, 0.5) is 0 Å². The first-order valence-corrected chi connectivity index (χ1v) is 3.76. The van der Waals surface area contributed by atoms with E-state index in [1.807, 2.05) is 18.2 Å². The van der Waals surface area contributed by atoms with Crippen LogP contribution in [0, 0.1) is 0 Å². The third-order valence-corrected chi connectivity index (χ3v) is 1.64. The average molecular weight is 178 g/mol. The van der Waals surface area contributed by atoms with Crippen LogP contribution in [-0.4, -0.2) is 21.8 Å². The minimum atomic E-state index is 0.267. The zero-order valence-electron chi connectivity index (χ0n) is 7.18. The Morgan fingerprint density at radius 3 is 2.15 bits per heavy atom. The predicted octanol–water partition coefficient (Wildman–Crippen LogP) is 1.71. The van der Waals surface area contributed by atoms with E-state index in [1.165, 1.54) is 0 Å². The quantitative estimate of drug-likeness (QED) is 0.411. The first-order chi connectivity index (χ1) is 6.29. The third kappa shape index (κ3) is 2.05. The molecule has 1 aromatic carbocycles. The van der Waals surface area contributed by atoms with Crippen molar-refractivity contribution in [3.8, 4) is 0 Å². The van der Waals surface area contributed by atoms with E-state index in [1.54, 1.807) is 19.1 Å². The number of hydrogen-bond donors (Lipinski definition) is 2. The molecule has 0 spiro atoms. The van der Waals surface area contributed by atoms with E-state index in [0.29, 0.717) is 5.56 Å². The number of oxime groups is 2. The summed E-state index contributed by atoms with van der Waals surface area (Å²) in [7, 11) is 0. The van der Waals surface area contributed by atoms with Crippen LogP contribution >= 0.6 is 0 Å². The lowest BCUT2D eigenvalue weighted by Crippen LogP contribution is -2.11. The fourth-order valence-electron chi connectivity index (χ4n) is 0.982. The Bertz CT molecular complexity index is 331. The highest BCUT2D eigenvalue weighted by Gasteiger charge is 2.07. The maximum absolute atomic E-state index is 8.68. The lowest BCUT2D eigenvalue weighted by molar-refractivity contribution is 0.314. The molecule has 0 radical (unpaired) electrons. The van der Waals surface area contributed by atoms with Crippen molar-refractivity contribution in [2.45, 2.75) is 6.92 Å². The van der Waals surface area contributed by atoms with E-state index < -0.39 is 0 Å².